The zero-order valence-corrected chi connectivity index (χ0v) is 11.0. The maximum atomic E-state index is 8.88. The van der Waals surface area contributed by atoms with Gasteiger partial charge in [-0.05, 0) is 29.9 Å². The molecule has 0 unspecified atom stereocenters. The van der Waals surface area contributed by atoms with E-state index in [1.165, 1.54) is 16.5 Å². The summed E-state index contributed by atoms with van der Waals surface area (Å²) in [5, 5.41) is 11.3. The molecule has 1 aromatic heterocycles. The fourth-order valence-electron chi connectivity index (χ4n) is 2.53. The largest absolute Gasteiger partial charge is 0.260 e. The number of aromatic nitrogens is 1. The van der Waals surface area contributed by atoms with Gasteiger partial charge in [-0.25, -0.2) is 0 Å². The minimum atomic E-state index is 0.462. The zero-order chi connectivity index (χ0) is 13.0. The molecular formula is C16H18N2. The Balaban J connectivity index is 2.63. The maximum absolute atomic E-state index is 8.88. The predicted octanol–water partition coefficient (Wildman–Crippen LogP) is 4.20. The van der Waals surface area contributed by atoms with Crippen LogP contribution in [0.3, 0.4) is 0 Å². The zero-order valence-electron chi connectivity index (χ0n) is 11.0. The van der Waals surface area contributed by atoms with Gasteiger partial charge in [0.25, 0.3) is 0 Å². The summed E-state index contributed by atoms with van der Waals surface area (Å²) < 4.78 is 0. The highest BCUT2D eigenvalue weighted by atomic mass is 14.7. The van der Waals surface area contributed by atoms with E-state index >= 15 is 0 Å². The van der Waals surface area contributed by atoms with Crippen molar-refractivity contribution in [3.05, 3.63) is 41.7 Å². The summed E-state index contributed by atoms with van der Waals surface area (Å²) in [5.74, 6) is 0.506. The van der Waals surface area contributed by atoms with Gasteiger partial charge in [0, 0.05) is 17.5 Å². The van der Waals surface area contributed by atoms with Gasteiger partial charge in [-0.3, -0.25) is 4.98 Å². The molecule has 0 radical (unpaired) electrons. The van der Waals surface area contributed by atoms with Crippen molar-refractivity contribution in [3.63, 3.8) is 0 Å². The van der Waals surface area contributed by atoms with Crippen LogP contribution in [0.4, 0.5) is 0 Å². The molecule has 0 fully saturated rings. The van der Waals surface area contributed by atoms with Crippen LogP contribution in [0.15, 0.2) is 30.5 Å². The number of nitrogens with zero attached hydrogens (tertiary/aromatic N) is 2. The normalized spacial score (nSPS) is 10.8. The molecule has 1 aromatic carbocycles. The number of pyridine rings is 1. The second-order valence-corrected chi connectivity index (χ2v) is 4.56. The van der Waals surface area contributed by atoms with E-state index in [0.717, 1.165) is 18.4 Å². The summed E-state index contributed by atoms with van der Waals surface area (Å²) in [6.45, 7) is 4.40. The van der Waals surface area contributed by atoms with E-state index in [4.69, 9.17) is 5.26 Å². The van der Waals surface area contributed by atoms with Gasteiger partial charge in [0.15, 0.2) is 0 Å². The molecule has 0 aliphatic heterocycles. The highest BCUT2D eigenvalue weighted by Gasteiger charge is 2.13. The topological polar surface area (TPSA) is 36.7 Å². The molecule has 0 spiro atoms. The molecular weight excluding hydrogens is 220 g/mol. The predicted molar refractivity (Wildman–Crippen MR) is 74.4 cm³/mol. The lowest BCUT2D eigenvalue weighted by Gasteiger charge is -2.15. The highest BCUT2D eigenvalue weighted by molar-refractivity contribution is 5.88. The summed E-state index contributed by atoms with van der Waals surface area (Å²) in [4.78, 5) is 4.57. The van der Waals surface area contributed by atoms with Crippen LogP contribution in [0.5, 0.6) is 0 Å². The van der Waals surface area contributed by atoms with E-state index in [-0.39, 0.29) is 0 Å². The van der Waals surface area contributed by atoms with Crippen molar-refractivity contribution >= 4 is 10.8 Å². The summed E-state index contributed by atoms with van der Waals surface area (Å²) in [7, 11) is 0. The number of fused-ring (bicyclic) bond motifs is 1. The third-order valence-corrected chi connectivity index (χ3v) is 3.57. The average molecular weight is 238 g/mol. The van der Waals surface area contributed by atoms with Crippen molar-refractivity contribution in [2.45, 2.75) is 39.0 Å². The lowest BCUT2D eigenvalue weighted by Crippen LogP contribution is -2.00. The first-order valence-corrected chi connectivity index (χ1v) is 6.55. The molecule has 0 N–H and O–H groups in total. The van der Waals surface area contributed by atoms with Gasteiger partial charge < -0.3 is 0 Å². The Bertz CT molecular complexity index is 577. The molecule has 2 aromatic rings. The second-order valence-electron chi connectivity index (χ2n) is 4.56. The Kier molecular flexibility index (Phi) is 3.94. The first-order chi connectivity index (χ1) is 8.81. The molecule has 1 heterocycles. The van der Waals surface area contributed by atoms with Crippen LogP contribution < -0.4 is 0 Å². The van der Waals surface area contributed by atoms with Gasteiger partial charge in [-0.15, -0.1) is 0 Å². The fourth-order valence-corrected chi connectivity index (χ4v) is 2.53. The van der Waals surface area contributed by atoms with Crippen molar-refractivity contribution in [2.24, 2.45) is 0 Å². The number of hydrogen-bond acceptors (Lipinski definition) is 2. The van der Waals surface area contributed by atoms with Crippen LogP contribution in [0.1, 0.15) is 43.9 Å². The summed E-state index contributed by atoms with van der Waals surface area (Å²) in [5.41, 5.74) is 2.28. The Hall–Kier alpha value is -1.88. The lowest BCUT2D eigenvalue weighted by atomic mass is 9.93. The monoisotopic (exact) mass is 238 g/mol. The van der Waals surface area contributed by atoms with Crippen LogP contribution in [0.25, 0.3) is 10.8 Å². The van der Waals surface area contributed by atoms with Crippen molar-refractivity contribution < 1.29 is 0 Å². The summed E-state index contributed by atoms with van der Waals surface area (Å²) in [6.07, 6.45) is 4.54. The van der Waals surface area contributed by atoms with Crippen LogP contribution in [-0.4, -0.2) is 4.98 Å². The molecule has 2 rings (SSSR count). The Labute approximate surface area is 108 Å². The van der Waals surface area contributed by atoms with Crippen molar-refractivity contribution in [1.29, 1.82) is 5.26 Å². The fraction of sp³-hybridized carbons (Fsp3) is 0.375. The van der Waals surface area contributed by atoms with Crippen molar-refractivity contribution in [1.82, 2.24) is 4.98 Å². The number of benzene rings is 1. The molecule has 0 aliphatic rings. The Morgan fingerprint density at radius 3 is 2.61 bits per heavy atom. The molecule has 0 amide bonds. The molecule has 0 bridgehead atoms. The first kappa shape index (κ1) is 12.6. The Morgan fingerprint density at radius 2 is 1.94 bits per heavy atom. The van der Waals surface area contributed by atoms with Crippen LogP contribution in [0.2, 0.25) is 0 Å². The average Bonchev–Trinajstić information content (AvgIpc) is 2.41. The molecule has 0 aliphatic carbocycles. The van der Waals surface area contributed by atoms with E-state index in [1.54, 1.807) is 0 Å². The van der Waals surface area contributed by atoms with Gasteiger partial charge in [0.1, 0.15) is 0 Å². The van der Waals surface area contributed by atoms with Crippen LogP contribution >= 0.6 is 0 Å². The molecule has 0 atom stereocenters. The highest BCUT2D eigenvalue weighted by Crippen LogP contribution is 2.29. The minimum Gasteiger partial charge on any atom is -0.260 e. The maximum Gasteiger partial charge on any atom is 0.0669 e. The Morgan fingerprint density at radius 1 is 1.17 bits per heavy atom. The van der Waals surface area contributed by atoms with Crippen LogP contribution in [0, 0.1) is 11.3 Å². The molecule has 18 heavy (non-hydrogen) atoms. The molecule has 2 nitrogen and oxygen atoms in total. The molecule has 2 heteroatoms. The van der Waals surface area contributed by atoms with Gasteiger partial charge in [-0.1, -0.05) is 32.0 Å². The quantitative estimate of drug-likeness (QED) is 0.800. The van der Waals surface area contributed by atoms with Crippen molar-refractivity contribution in [2.75, 3.05) is 0 Å². The molecule has 0 saturated heterocycles. The van der Waals surface area contributed by atoms with Gasteiger partial charge in [-0.2, -0.15) is 5.26 Å². The number of rotatable bonds is 4. The summed E-state index contributed by atoms with van der Waals surface area (Å²) in [6, 6.07) is 10.4. The van der Waals surface area contributed by atoms with Gasteiger partial charge in [0.2, 0.25) is 0 Å². The third kappa shape index (κ3) is 2.22. The lowest BCUT2D eigenvalue weighted by molar-refractivity contribution is 0.629. The van der Waals surface area contributed by atoms with E-state index in [1.807, 2.05) is 24.4 Å². The third-order valence-electron chi connectivity index (χ3n) is 3.57. The number of hydrogen-bond donors (Lipinski definition) is 0. The standard InChI is InChI=1S/C16H18N2/c1-3-12(4-2)16-15-7-5-6-13(8-10-17)14(15)9-11-18-16/h5-7,9,11-12H,3-4,8H2,1-2H3. The molecule has 92 valence electrons. The van der Waals surface area contributed by atoms with E-state index in [0.29, 0.717) is 12.3 Å². The number of nitriles is 1. The first-order valence-electron chi connectivity index (χ1n) is 6.55. The van der Waals surface area contributed by atoms with Gasteiger partial charge in [0.05, 0.1) is 18.2 Å². The van der Waals surface area contributed by atoms with E-state index in [2.05, 4.69) is 31.0 Å². The molecule has 0 saturated carbocycles. The SMILES string of the molecule is CCC(CC)c1nccc2c(CC#N)cccc12. The van der Waals surface area contributed by atoms with Gasteiger partial charge >= 0.3 is 0 Å². The van der Waals surface area contributed by atoms with Crippen molar-refractivity contribution in [3.8, 4) is 6.07 Å². The van der Waals surface area contributed by atoms with E-state index in [9.17, 15) is 0 Å². The second kappa shape index (κ2) is 5.64. The smallest absolute Gasteiger partial charge is 0.0669 e. The van der Waals surface area contributed by atoms with Crippen LogP contribution in [-0.2, 0) is 6.42 Å². The van der Waals surface area contributed by atoms with E-state index < -0.39 is 0 Å². The minimum absolute atomic E-state index is 0.462. The summed E-state index contributed by atoms with van der Waals surface area (Å²) >= 11 is 0.